The van der Waals surface area contributed by atoms with Gasteiger partial charge in [0.2, 0.25) is 5.67 Å². The number of fused-ring (bicyclic) bond motifs is 1. The van der Waals surface area contributed by atoms with E-state index >= 15 is 0 Å². The average molecular weight is 222 g/mol. The third-order valence-electron chi connectivity index (χ3n) is 2.68. The van der Waals surface area contributed by atoms with Gasteiger partial charge >= 0.3 is 6.18 Å². The molecule has 1 aromatic rings. The highest BCUT2D eigenvalue weighted by Crippen LogP contribution is 2.51. The van der Waals surface area contributed by atoms with E-state index in [1.54, 1.807) is 0 Å². The molecule has 1 aliphatic carbocycles. The Kier molecular flexibility index (Phi) is 2.03. The molecule has 2 rings (SSSR count). The molecule has 0 bridgehead atoms. The van der Waals surface area contributed by atoms with E-state index in [2.05, 4.69) is 0 Å². The maximum atomic E-state index is 13.7. The van der Waals surface area contributed by atoms with E-state index in [-0.39, 0.29) is 12.0 Å². The van der Waals surface area contributed by atoms with Crippen molar-refractivity contribution in [3.63, 3.8) is 0 Å². The lowest BCUT2D eigenvalue weighted by molar-refractivity contribution is -0.234. The second-order valence-electron chi connectivity index (χ2n) is 3.60. The van der Waals surface area contributed by atoms with Gasteiger partial charge in [-0.25, -0.2) is 8.78 Å². The van der Waals surface area contributed by atoms with Crippen LogP contribution in [0.25, 0.3) is 0 Å². The van der Waals surface area contributed by atoms with Crippen LogP contribution in [-0.4, -0.2) is 6.18 Å². The molecule has 0 nitrogen and oxygen atoms in total. The zero-order valence-corrected chi connectivity index (χ0v) is 7.54. The standard InChI is InChI=1S/C10H7F5/c11-7-1-2-8-6(5-7)3-4-9(8,12)10(13,14)15/h1-2,5H,3-4H2. The average Bonchev–Trinajstić information content (AvgIpc) is 2.43. The second kappa shape index (κ2) is 2.93. The topological polar surface area (TPSA) is 0 Å². The van der Waals surface area contributed by atoms with E-state index in [4.69, 9.17) is 0 Å². The highest BCUT2D eigenvalue weighted by atomic mass is 19.4. The van der Waals surface area contributed by atoms with Crippen LogP contribution in [0.5, 0.6) is 0 Å². The summed E-state index contributed by atoms with van der Waals surface area (Å²) in [6.07, 6.45) is -5.67. The molecule has 0 fully saturated rings. The van der Waals surface area contributed by atoms with Crippen molar-refractivity contribution in [3.8, 4) is 0 Å². The van der Waals surface area contributed by atoms with Crippen LogP contribution in [0.3, 0.4) is 0 Å². The molecule has 5 heteroatoms. The van der Waals surface area contributed by atoms with Crippen molar-refractivity contribution in [2.45, 2.75) is 24.7 Å². The summed E-state index contributed by atoms with van der Waals surface area (Å²) in [6.45, 7) is 0. The van der Waals surface area contributed by atoms with E-state index in [0.29, 0.717) is 0 Å². The Labute approximate surface area is 82.7 Å². The Hall–Kier alpha value is -1.13. The van der Waals surface area contributed by atoms with Crippen LogP contribution in [0.15, 0.2) is 18.2 Å². The smallest absolute Gasteiger partial charge is 0.229 e. The van der Waals surface area contributed by atoms with Crippen molar-refractivity contribution >= 4 is 0 Å². The second-order valence-corrected chi connectivity index (χ2v) is 3.60. The number of alkyl halides is 4. The fourth-order valence-electron chi connectivity index (χ4n) is 1.89. The van der Waals surface area contributed by atoms with E-state index in [0.717, 1.165) is 18.2 Å². The molecule has 1 atom stereocenters. The third kappa shape index (κ3) is 1.41. The predicted molar refractivity (Wildman–Crippen MR) is 43.6 cm³/mol. The number of benzene rings is 1. The van der Waals surface area contributed by atoms with Crippen LogP contribution in [0.4, 0.5) is 22.0 Å². The molecule has 0 aromatic heterocycles. The molecule has 82 valence electrons. The van der Waals surface area contributed by atoms with E-state index < -0.39 is 29.6 Å². The van der Waals surface area contributed by atoms with Crippen molar-refractivity contribution in [1.82, 2.24) is 0 Å². The first kappa shape index (κ1) is 10.4. The van der Waals surface area contributed by atoms with E-state index in [1.165, 1.54) is 0 Å². The summed E-state index contributed by atoms with van der Waals surface area (Å²) in [5.41, 5.74) is -3.65. The summed E-state index contributed by atoms with van der Waals surface area (Å²) >= 11 is 0. The van der Waals surface area contributed by atoms with Crippen molar-refractivity contribution in [3.05, 3.63) is 35.1 Å². The summed E-state index contributed by atoms with van der Waals surface area (Å²) in [6, 6.07) is 2.69. The van der Waals surface area contributed by atoms with Gasteiger partial charge in [0.25, 0.3) is 0 Å². The lowest BCUT2D eigenvalue weighted by atomic mass is 9.97. The van der Waals surface area contributed by atoms with Crippen LogP contribution < -0.4 is 0 Å². The Bertz CT molecular complexity index is 395. The van der Waals surface area contributed by atoms with Gasteiger partial charge in [-0.1, -0.05) is 6.07 Å². The van der Waals surface area contributed by atoms with Gasteiger partial charge in [-0.2, -0.15) is 13.2 Å². The molecule has 0 saturated heterocycles. The molecule has 1 aliphatic rings. The van der Waals surface area contributed by atoms with Gasteiger partial charge in [0, 0.05) is 5.56 Å². The quantitative estimate of drug-likeness (QED) is 0.589. The summed E-state index contributed by atoms with van der Waals surface area (Å²) in [5, 5.41) is 0. The molecule has 15 heavy (non-hydrogen) atoms. The maximum absolute atomic E-state index is 13.7. The van der Waals surface area contributed by atoms with E-state index in [9.17, 15) is 22.0 Å². The zero-order chi connectivity index (χ0) is 11.3. The summed E-state index contributed by atoms with van der Waals surface area (Å²) < 4.78 is 63.8. The molecular formula is C10H7F5. The number of halogens is 5. The van der Waals surface area contributed by atoms with Crippen molar-refractivity contribution in [2.75, 3.05) is 0 Å². The minimum Gasteiger partial charge on any atom is -0.229 e. The molecule has 1 unspecified atom stereocenters. The van der Waals surface area contributed by atoms with Crippen LogP contribution in [-0.2, 0) is 12.1 Å². The van der Waals surface area contributed by atoms with Crippen LogP contribution >= 0.6 is 0 Å². The first-order valence-electron chi connectivity index (χ1n) is 4.39. The summed E-state index contributed by atoms with van der Waals surface area (Å²) in [7, 11) is 0. The van der Waals surface area contributed by atoms with Crippen molar-refractivity contribution in [2.24, 2.45) is 0 Å². The van der Waals surface area contributed by atoms with Gasteiger partial charge in [-0.3, -0.25) is 0 Å². The zero-order valence-electron chi connectivity index (χ0n) is 7.54. The SMILES string of the molecule is Fc1ccc2c(c1)CCC2(F)C(F)(F)F. The van der Waals surface area contributed by atoms with Gasteiger partial charge in [0.1, 0.15) is 5.82 Å². The van der Waals surface area contributed by atoms with Gasteiger partial charge < -0.3 is 0 Å². The lowest BCUT2D eigenvalue weighted by Crippen LogP contribution is -2.35. The highest BCUT2D eigenvalue weighted by Gasteiger charge is 2.59. The Morgan fingerprint density at radius 2 is 1.87 bits per heavy atom. The lowest BCUT2D eigenvalue weighted by Gasteiger charge is -2.23. The molecule has 0 saturated carbocycles. The third-order valence-corrected chi connectivity index (χ3v) is 2.68. The monoisotopic (exact) mass is 222 g/mol. The minimum atomic E-state index is -4.93. The first-order valence-corrected chi connectivity index (χ1v) is 4.39. The van der Waals surface area contributed by atoms with Gasteiger partial charge in [-0.05, 0) is 30.5 Å². The summed E-state index contributed by atoms with van der Waals surface area (Å²) in [4.78, 5) is 0. The molecule has 0 radical (unpaired) electrons. The predicted octanol–water partition coefficient (Wildman–Crippen LogP) is 3.50. The van der Waals surface area contributed by atoms with Gasteiger partial charge in [0.15, 0.2) is 0 Å². The largest absolute Gasteiger partial charge is 0.426 e. The Morgan fingerprint density at radius 1 is 1.20 bits per heavy atom. The highest BCUT2D eigenvalue weighted by molar-refractivity contribution is 5.39. The fraction of sp³-hybridized carbons (Fsp3) is 0.400. The molecule has 0 spiro atoms. The molecule has 1 aromatic carbocycles. The number of hydrogen-bond donors (Lipinski definition) is 0. The van der Waals surface area contributed by atoms with Crippen LogP contribution in [0, 0.1) is 5.82 Å². The normalized spacial score (nSPS) is 25.4. The maximum Gasteiger partial charge on any atom is 0.426 e. The van der Waals surface area contributed by atoms with Gasteiger partial charge in [-0.15, -0.1) is 0 Å². The molecule has 0 heterocycles. The Morgan fingerprint density at radius 3 is 2.47 bits per heavy atom. The molecule has 0 N–H and O–H groups in total. The first-order chi connectivity index (χ1) is 6.84. The van der Waals surface area contributed by atoms with E-state index in [1.807, 2.05) is 0 Å². The summed E-state index contributed by atoms with van der Waals surface area (Å²) in [5.74, 6) is -0.639. The van der Waals surface area contributed by atoms with Crippen molar-refractivity contribution in [1.29, 1.82) is 0 Å². The number of hydrogen-bond acceptors (Lipinski definition) is 0. The van der Waals surface area contributed by atoms with Crippen LogP contribution in [0.1, 0.15) is 17.5 Å². The number of aryl methyl sites for hydroxylation is 1. The Balaban J connectivity index is 2.53. The molecular weight excluding hydrogens is 215 g/mol. The fourth-order valence-corrected chi connectivity index (χ4v) is 1.89. The minimum absolute atomic E-state index is 0.0803. The van der Waals surface area contributed by atoms with Gasteiger partial charge in [0.05, 0.1) is 0 Å². The van der Waals surface area contributed by atoms with Crippen LogP contribution in [0.2, 0.25) is 0 Å². The van der Waals surface area contributed by atoms with Crippen molar-refractivity contribution < 1.29 is 22.0 Å². The number of rotatable bonds is 0. The molecule has 0 aliphatic heterocycles. The molecule has 0 amide bonds.